The Hall–Kier alpha value is -3.34. The minimum Gasteiger partial charge on any atom is -0.435 e. The second-order valence-electron chi connectivity index (χ2n) is 8.86. The number of alkyl halides is 2. The highest BCUT2D eigenvalue weighted by molar-refractivity contribution is 5.88. The van der Waals surface area contributed by atoms with E-state index in [1.807, 2.05) is 42.6 Å². The molecule has 0 N–H and O–H groups in total. The normalized spacial score (nSPS) is 11.3. The van der Waals surface area contributed by atoms with Crippen molar-refractivity contribution in [3.63, 3.8) is 0 Å². The third-order valence-electron chi connectivity index (χ3n) is 6.31. The van der Waals surface area contributed by atoms with Crippen LogP contribution >= 0.6 is 0 Å². The molecule has 4 aromatic rings. The average molecular weight is 478 g/mol. The maximum Gasteiger partial charge on any atom is 0.387 e. The van der Waals surface area contributed by atoms with Crippen LogP contribution in [0.15, 0.2) is 72.9 Å². The number of fused-ring (bicyclic) bond motifs is 1. The van der Waals surface area contributed by atoms with Crippen LogP contribution in [0.25, 0.3) is 22.0 Å². The van der Waals surface area contributed by atoms with Gasteiger partial charge in [-0.15, -0.1) is 0 Å². The summed E-state index contributed by atoms with van der Waals surface area (Å²) in [5.74, 6) is -0.102. The Balaban J connectivity index is 1.42. The van der Waals surface area contributed by atoms with Crippen molar-refractivity contribution in [3.05, 3.63) is 95.4 Å². The highest BCUT2D eigenvalue weighted by Crippen LogP contribution is 2.28. The van der Waals surface area contributed by atoms with E-state index in [1.54, 1.807) is 12.1 Å². The van der Waals surface area contributed by atoms with Gasteiger partial charge in [-0.3, -0.25) is 4.98 Å². The van der Waals surface area contributed by atoms with Crippen molar-refractivity contribution < 1.29 is 17.9 Å². The summed E-state index contributed by atoms with van der Waals surface area (Å²) < 4.78 is 44.2. The topological polar surface area (TPSA) is 22.1 Å². The first-order chi connectivity index (χ1) is 17.0. The lowest BCUT2D eigenvalue weighted by atomic mass is 9.98. The van der Waals surface area contributed by atoms with Gasteiger partial charge >= 0.3 is 6.61 Å². The zero-order valence-corrected chi connectivity index (χ0v) is 19.9. The third kappa shape index (κ3) is 6.62. The Morgan fingerprint density at radius 2 is 1.60 bits per heavy atom. The minimum atomic E-state index is -2.84. The second-order valence-corrected chi connectivity index (χ2v) is 8.86. The van der Waals surface area contributed by atoms with Crippen molar-refractivity contribution in [3.8, 4) is 17.0 Å². The molecule has 0 aliphatic carbocycles. The molecule has 0 aliphatic heterocycles. The summed E-state index contributed by atoms with van der Waals surface area (Å²) >= 11 is 0. The summed E-state index contributed by atoms with van der Waals surface area (Å²) in [6, 6.07) is 20.1. The van der Waals surface area contributed by atoms with Gasteiger partial charge in [-0.05, 0) is 72.0 Å². The average Bonchev–Trinajstić information content (AvgIpc) is 2.87. The largest absolute Gasteiger partial charge is 0.435 e. The summed E-state index contributed by atoms with van der Waals surface area (Å²) in [7, 11) is 0. The number of aryl methyl sites for hydroxylation is 3. The molecule has 0 spiro atoms. The fourth-order valence-corrected chi connectivity index (χ4v) is 4.31. The molecule has 35 heavy (non-hydrogen) atoms. The number of halogens is 3. The van der Waals surface area contributed by atoms with Crippen LogP contribution in [0.3, 0.4) is 0 Å². The van der Waals surface area contributed by atoms with E-state index in [-0.39, 0.29) is 11.6 Å². The summed E-state index contributed by atoms with van der Waals surface area (Å²) in [4.78, 5) is 4.64. The molecule has 0 saturated heterocycles. The van der Waals surface area contributed by atoms with Gasteiger partial charge in [0.2, 0.25) is 0 Å². The monoisotopic (exact) mass is 477 g/mol. The molecule has 5 heteroatoms. The Morgan fingerprint density at radius 3 is 2.31 bits per heavy atom. The molecule has 2 nitrogen and oxygen atoms in total. The number of hydrogen-bond donors (Lipinski definition) is 0. The SMILES string of the molecule is CCCCCCc1ccc(-c2ccc3c(F)c(CCc4ccc(OC(F)F)cc4)ccc3c2)nc1. The fraction of sp³-hybridized carbons (Fsp3) is 0.300. The summed E-state index contributed by atoms with van der Waals surface area (Å²) in [5.41, 5.74) is 4.66. The zero-order valence-electron chi connectivity index (χ0n) is 19.9. The maximum atomic E-state index is 15.2. The predicted molar refractivity (Wildman–Crippen MR) is 135 cm³/mol. The number of benzene rings is 3. The van der Waals surface area contributed by atoms with Crippen LogP contribution in [0.5, 0.6) is 5.75 Å². The van der Waals surface area contributed by atoms with Gasteiger partial charge in [-0.25, -0.2) is 4.39 Å². The predicted octanol–water partition coefficient (Wildman–Crippen LogP) is 8.55. The molecule has 0 atom stereocenters. The summed E-state index contributed by atoms with van der Waals surface area (Å²) in [6.45, 7) is -0.631. The first-order valence-electron chi connectivity index (χ1n) is 12.2. The first-order valence-corrected chi connectivity index (χ1v) is 12.2. The lowest BCUT2D eigenvalue weighted by molar-refractivity contribution is -0.0498. The van der Waals surface area contributed by atoms with Crippen LogP contribution in [-0.4, -0.2) is 11.6 Å². The van der Waals surface area contributed by atoms with Crippen molar-refractivity contribution in [1.29, 1.82) is 0 Å². The van der Waals surface area contributed by atoms with Gasteiger partial charge in [0.15, 0.2) is 0 Å². The van der Waals surface area contributed by atoms with Gasteiger partial charge in [-0.1, -0.05) is 68.7 Å². The summed E-state index contributed by atoms with van der Waals surface area (Å²) in [5, 5.41) is 1.42. The zero-order chi connectivity index (χ0) is 24.6. The highest BCUT2D eigenvalue weighted by Gasteiger charge is 2.10. The van der Waals surface area contributed by atoms with Crippen molar-refractivity contribution >= 4 is 10.8 Å². The van der Waals surface area contributed by atoms with E-state index in [1.165, 1.54) is 43.4 Å². The first kappa shape index (κ1) is 24.8. The quantitative estimate of drug-likeness (QED) is 0.202. The molecule has 0 unspecified atom stereocenters. The molecule has 1 aromatic heterocycles. The number of rotatable bonds is 11. The molecule has 0 radical (unpaired) electrons. The number of pyridine rings is 1. The Kier molecular flexibility index (Phi) is 8.40. The van der Waals surface area contributed by atoms with Gasteiger partial charge in [-0.2, -0.15) is 8.78 Å². The molecule has 0 aliphatic rings. The van der Waals surface area contributed by atoms with Gasteiger partial charge < -0.3 is 4.74 Å². The molecule has 0 fully saturated rings. The van der Waals surface area contributed by atoms with E-state index < -0.39 is 6.61 Å². The van der Waals surface area contributed by atoms with Crippen molar-refractivity contribution in [2.75, 3.05) is 0 Å². The number of unbranched alkanes of at least 4 members (excludes halogenated alkanes) is 3. The lowest BCUT2D eigenvalue weighted by Crippen LogP contribution is -2.02. The van der Waals surface area contributed by atoms with Crippen molar-refractivity contribution in [2.45, 2.75) is 58.5 Å². The van der Waals surface area contributed by atoms with Gasteiger partial charge in [0, 0.05) is 17.1 Å². The molecule has 0 amide bonds. The number of hydrogen-bond acceptors (Lipinski definition) is 2. The van der Waals surface area contributed by atoms with Gasteiger partial charge in [0.05, 0.1) is 5.69 Å². The van der Waals surface area contributed by atoms with E-state index in [4.69, 9.17) is 0 Å². The molecular formula is C30H30F3NO. The van der Waals surface area contributed by atoms with Crippen LogP contribution < -0.4 is 4.74 Å². The molecule has 3 aromatic carbocycles. The van der Waals surface area contributed by atoms with Crippen LogP contribution in [0.1, 0.15) is 49.3 Å². The number of ether oxygens (including phenoxy) is 1. The summed E-state index contributed by atoms with van der Waals surface area (Å²) in [6.07, 6.45) is 9.05. The van der Waals surface area contributed by atoms with E-state index >= 15 is 4.39 Å². The van der Waals surface area contributed by atoms with Gasteiger partial charge in [0.25, 0.3) is 0 Å². The van der Waals surface area contributed by atoms with Gasteiger partial charge in [0.1, 0.15) is 11.6 Å². The Labute approximate surface area is 204 Å². The van der Waals surface area contributed by atoms with Crippen molar-refractivity contribution in [2.24, 2.45) is 0 Å². The maximum absolute atomic E-state index is 15.2. The van der Waals surface area contributed by atoms with Crippen molar-refractivity contribution in [1.82, 2.24) is 4.98 Å². The highest BCUT2D eigenvalue weighted by atomic mass is 19.3. The van der Waals surface area contributed by atoms with Crippen LogP contribution in [0.2, 0.25) is 0 Å². The third-order valence-corrected chi connectivity index (χ3v) is 6.31. The Bertz CT molecular complexity index is 1240. The molecule has 1 heterocycles. The minimum absolute atomic E-state index is 0.118. The Morgan fingerprint density at radius 1 is 0.800 bits per heavy atom. The molecule has 0 bridgehead atoms. The molecule has 4 rings (SSSR count). The second kappa shape index (κ2) is 11.9. The van der Waals surface area contributed by atoms with Crippen LogP contribution in [-0.2, 0) is 19.3 Å². The van der Waals surface area contributed by atoms with E-state index in [9.17, 15) is 8.78 Å². The number of nitrogens with zero attached hydrogens (tertiary/aromatic N) is 1. The molecular weight excluding hydrogens is 447 g/mol. The lowest BCUT2D eigenvalue weighted by Gasteiger charge is -2.10. The van der Waals surface area contributed by atoms with Crippen LogP contribution in [0, 0.1) is 5.82 Å². The van der Waals surface area contributed by atoms with E-state index in [0.717, 1.165) is 28.6 Å². The van der Waals surface area contributed by atoms with E-state index in [0.29, 0.717) is 23.8 Å². The smallest absolute Gasteiger partial charge is 0.387 e. The van der Waals surface area contributed by atoms with E-state index in [2.05, 4.69) is 22.7 Å². The number of aromatic nitrogens is 1. The molecule has 182 valence electrons. The molecule has 0 saturated carbocycles. The standard InChI is InChI=1S/C30H30F3NO/c1-2-3-4-5-6-22-10-18-28(34-20-22)25-14-17-27-24(19-25)13-12-23(29(27)31)11-7-21-8-15-26(16-9-21)35-30(32)33/h8-10,12-20,30H,2-7,11H2,1H3. The van der Waals surface area contributed by atoms with Crippen LogP contribution in [0.4, 0.5) is 13.2 Å². The fourth-order valence-electron chi connectivity index (χ4n) is 4.31.